The van der Waals surface area contributed by atoms with Crippen molar-refractivity contribution in [3.8, 4) is 5.75 Å². The van der Waals surface area contributed by atoms with Gasteiger partial charge in [0.05, 0.1) is 18.6 Å². The van der Waals surface area contributed by atoms with Crippen LogP contribution in [0.2, 0.25) is 0 Å². The quantitative estimate of drug-likeness (QED) is 0.626. The number of hydrogen-bond donors (Lipinski definition) is 2. The molecule has 27 heavy (non-hydrogen) atoms. The Bertz CT molecular complexity index is 747. The van der Waals surface area contributed by atoms with E-state index in [2.05, 4.69) is 5.32 Å². The molecule has 0 radical (unpaired) electrons. The van der Waals surface area contributed by atoms with Gasteiger partial charge in [-0.2, -0.15) is 0 Å². The molecule has 2 unspecified atom stereocenters. The third-order valence-electron chi connectivity index (χ3n) is 4.19. The maximum Gasteiger partial charge on any atom is 0.308 e. The standard InChI is InChI=1S/C21H25NO5/c1-15(21(24)25)19(16-8-4-3-5-9-16)22-20(23)17-10-6-11-18(14-17)27-13-7-12-26-2/h3-6,8-11,14-15,19H,7,12-13H2,1-2H3,(H,22,23)(H,24,25). The summed E-state index contributed by atoms with van der Waals surface area (Å²) in [5, 5.41) is 12.2. The highest BCUT2D eigenvalue weighted by Crippen LogP contribution is 2.23. The Morgan fingerprint density at radius 1 is 1.07 bits per heavy atom. The zero-order valence-electron chi connectivity index (χ0n) is 15.6. The van der Waals surface area contributed by atoms with Crippen LogP contribution in [0.25, 0.3) is 0 Å². The van der Waals surface area contributed by atoms with Crippen LogP contribution in [0, 0.1) is 5.92 Å². The zero-order valence-corrected chi connectivity index (χ0v) is 15.6. The first-order valence-corrected chi connectivity index (χ1v) is 8.83. The molecule has 0 saturated heterocycles. The van der Waals surface area contributed by atoms with Crippen molar-refractivity contribution in [3.63, 3.8) is 0 Å². The van der Waals surface area contributed by atoms with Gasteiger partial charge in [0.15, 0.2) is 0 Å². The van der Waals surface area contributed by atoms with E-state index in [4.69, 9.17) is 9.47 Å². The molecule has 0 aliphatic carbocycles. The molecule has 2 N–H and O–H groups in total. The summed E-state index contributed by atoms with van der Waals surface area (Å²) in [5.74, 6) is -1.51. The van der Waals surface area contributed by atoms with E-state index in [1.807, 2.05) is 18.2 Å². The molecular weight excluding hydrogens is 346 g/mol. The number of carbonyl (C=O) groups is 2. The predicted molar refractivity (Wildman–Crippen MR) is 102 cm³/mol. The molecule has 1 amide bonds. The van der Waals surface area contributed by atoms with Crippen molar-refractivity contribution >= 4 is 11.9 Å². The average molecular weight is 371 g/mol. The van der Waals surface area contributed by atoms with E-state index in [9.17, 15) is 14.7 Å². The molecule has 0 aliphatic heterocycles. The summed E-state index contributed by atoms with van der Waals surface area (Å²) >= 11 is 0. The van der Waals surface area contributed by atoms with Crippen molar-refractivity contribution in [2.45, 2.75) is 19.4 Å². The molecule has 0 aliphatic rings. The Labute approximate surface area is 159 Å². The average Bonchev–Trinajstić information content (AvgIpc) is 2.69. The highest BCUT2D eigenvalue weighted by Gasteiger charge is 2.27. The molecule has 2 rings (SSSR count). The Morgan fingerprint density at radius 3 is 2.48 bits per heavy atom. The predicted octanol–water partition coefficient (Wildman–Crippen LogP) is 3.29. The van der Waals surface area contributed by atoms with Gasteiger partial charge in [-0.25, -0.2) is 0 Å². The van der Waals surface area contributed by atoms with Gasteiger partial charge in [0.2, 0.25) is 0 Å². The number of carboxylic acids is 1. The maximum atomic E-state index is 12.7. The lowest BCUT2D eigenvalue weighted by Gasteiger charge is -2.23. The Morgan fingerprint density at radius 2 is 1.81 bits per heavy atom. The van der Waals surface area contributed by atoms with Gasteiger partial charge in [-0.15, -0.1) is 0 Å². The molecule has 0 bridgehead atoms. The van der Waals surface area contributed by atoms with E-state index in [-0.39, 0.29) is 5.91 Å². The number of rotatable bonds is 10. The summed E-state index contributed by atoms with van der Waals surface area (Å²) in [7, 11) is 1.63. The van der Waals surface area contributed by atoms with Gasteiger partial charge < -0.3 is 19.9 Å². The molecule has 2 aromatic carbocycles. The van der Waals surface area contributed by atoms with Crippen molar-refractivity contribution in [1.82, 2.24) is 5.32 Å². The first kappa shape index (κ1) is 20.5. The number of nitrogens with one attached hydrogen (secondary N) is 1. The molecule has 0 fully saturated rings. The fourth-order valence-corrected chi connectivity index (χ4v) is 2.64. The van der Waals surface area contributed by atoms with Gasteiger partial charge in [0.25, 0.3) is 5.91 Å². The molecule has 2 atom stereocenters. The second-order valence-corrected chi connectivity index (χ2v) is 6.21. The van der Waals surface area contributed by atoms with Crippen molar-refractivity contribution in [1.29, 1.82) is 0 Å². The molecule has 2 aromatic rings. The SMILES string of the molecule is COCCCOc1cccc(C(=O)NC(c2ccccc2)C(C)C(=O)O)c1. The van der Waals surface area contributed by atoms with Crippen LogP contribution in [0.1, 0.15) is 35.3 Å². The van der Waals surface area contributed by atoms with Crippen molar-refractivity contribution in [2.24, 2.45) is 5.92 Å². The zero-order chi connectivity index (χ0) is 19.6. The monoisotopic (exact) mass is 371 g/mol. The lowest BCUT2D eigenvalue weighted by molar-refractivity contribution is -0.142. The van der Waals surface area contributed by atoms with E-state index in [0.29, 0.717) is 24.5 Å². The summed E-state index contributed by atoms with van der Waals surface area (Å²) in [6.45, 7) is 2.67. The molecule has 0 spiro atoms. The third-order valence-corrected chi connectivity index (χ3v) is 4.19. The molecule has 6 nitrogen and oxygen atoms in total. The minimum atomic E-state index is -0.973. The number of carboxylic acid groups (broad SMARTS) is 1. The van der Waals surface area contributed by atoms with E-state index >= 15 is 0 Å². The molecule has 0 heterocycles. The van der Waals surface area contributed by atoms with Crippen LogP contribution >= 0.6 is 0 Å². The molecule has 0 saturated carbocycles. The van der Waals surface area contributed by atoms with Crippen LogP contribution in [0.15, 0.2) is 54.6 Å². The van der Waals surface area contributed by atoms with Crippen molar-refractivity contribution < 1.29 is 24.2 Å². The van der Waals surface area contributed by atoms with E-state index in [1.165, 1.54) is 0 Å². The van der Waals surface area contributed by atoms with Gasteiger partial charge in [0, 0.05) is 25.7 Å². The Kier molecular flexibility index (Phi) is 7.82. The maximum absolute atomic E-state index is 12.7. The summed E-state index contributed by atoms with van der Waals surface area (Å²) < 4.78 is 10.6. The van der Waals surface area contributed by atoms with E-state index in [1.54, 1.807) is 50.4 Å². The van der Waals surface area contributed by atoms with Crippen LogP contribution in [-0.2, 0) is 9.53 Å². The van der Waals surface area contributed by atoms with Gasteiger partial charge >= 0.3 is 5.97 Å². The summed E-state index contributed by atoms with van der Waals surface area (Å²) in [5.41, 5.74) is 1.16. The lowest BCUT2D eigenvalue weighted by atomic mass is 9.94. The number of aliphatic carboxylic acids is 1. The minimum Gasteiger partial charge on any atom is -0.493 e. The van der Waals surface area contributed by atoms with Crippen LogP contribution in [-0.4, -0.2) is 37.3 Å². The van der Waals surface area contributed by atoms with Crippen LogP contribution < -0.4 is 10.1 Å². The van der Waals surface area contributed by atoms with Crippen LogP contribution in [0.3, 0.4) is 0 Å². The number of benzene rings is 2. The van der Waals surface area contributed by atoms with Gasteiger partial charge in [-0.3, -0.25) is 9.59 Å². The first-order chi connectivity index (χ1) is 13.0. The fraction of sp³-hybridized carbons (Fsp3) is 0.333. The highest BCUT2D eigenvalue weighted by atomic mass is 16.5. The molecular formula is C21H25NO5. The second kappa shape index (κ2) is 10.3. The smallest absolute Gasteiger partial charge is 0.308 e. The molecule has 6 heteroatoms. The van der Waals surface area contributed by atoms with Crippen molar-refractivity contribution in [3.05, 3.63) is 65.7 Å². The Balaban J connectivity index is 2.12. The summed E-state index contributed by atoms with van der Waals surface area (Å²) in [4.78, 5) is 24.2. The number of carbonyl (C=O) groups excluding carboxylic acids is 1. The minimum absolute atomic E-state index is 0.348. The molecule has 0 aromatic heterocycles. The number of methoxy groups -OCH3 is 1. The summed E-state index contributed by atoms with van der Waals surface area (Å²) in [6, 6.07) is 15.3. The normalized spacial score (nSPS) is 12.8. The van der Waals surface area contributed by atoms with Gasteiger partial charge in [-0.05, 0) is 30.7 Å². The molecule has 144 valence electrons. The van der Waals surface area contributed by atoms with Gasteiger partial charge in [0.1, 0.15) is 5.75 Å². The lowest BCUT2D eigenvalue weighted by Crippen LogP contribution is -2.35. The number of hydrogen-bond acceptors (Lipinski definition) is 4. The van der Waals surface area contributed by atoms with E-state index < -0.39 is 17.9 Å². The summed E-state index contributed by atoms with van der Waals surface area (Å²) in [6.07, 6.45) is 0.749. The van der Waals surface area contributed by atoms with Gasteiger partial charge in [-0.1, -0.05) is 36.4 Å². The van der Waals surface area contributed by atoms with Crippen LogP contribution in [0.5, 0.6) is 5.75 Å². The van der Waals surface area contributed by atoms with E-state index in [0.717, 1.165) is 12.0 Å². The third kappa shape index (κ3) is 6.11. The highest BCUT2D eigenvalue weighted by molar-refractivity contribution is 5.95. The van der Waals surface area contributed by atoms with Crippen LogP contribution in [0.4, 0.5) is 0 Å². The number of ether oxygens (including phenoxy) is 2. The number of amides is 1. The largest absolute Gasteiger partial charge is 0.493 e. The second-order valence-electron chi connectivity index (χ2n) is 6.21. The fourth-order valence-electron chi connectivity index (χ4n) is 2.64. The Hall–Kier alpha value is -2.86. The topological polar surface area (TPSA) is 84.9 Å². The van der Waals surface area contributed by atoms with Crippen molar-refractivity contribution in [2.75, 3.05) is 20.3 Å². The first-order valence-electron chi connectivity index (χ1n) is 8.83.